The van der Waals surface area contributed by atoms with Crippen LogP contribution in [0.25, 0.3) is 0 Å². The van der Waals surface area contributed by atoms with E-state index in [0.717, 1.165) is 19.3 Å². The highest BCUT2D eigenvalue weighted by molar-refractivity contribution is 5.75. The summed E-state index contributed by atoms with van der Waals surface area (Å²) in [6, 6.07) is 0. The van der Waals surface area contributed by atoms with Gasteiger partial charge in [0.2, 0.25) is 0 Å². The van der Waals surface area contributed by atoms with Crippen LogP contribution >= 0.6 is 0 Å². The van der Waals surface area contributed by atoms with Gasteiger partial charge < -0.3 is 4.74 Å². The molecule has 1 N–H and O–H groups in total. The maximum atomic E-state index is 7.43. The lowest BCUT2D eigenvalue weighted by Gasteiger charge is -2.13. The maximum absolute atomic E-state index is 7.43. The molecule has 1 atom stereocenters. The molecule has 0 saturated carbocycles. The zero-order valence-electron chi connectivity index (χ0n) is 7.39. The van der Waals surface area contributed by atoms with Crippen molar-refractivity contribution in [3.8, 4) is 0 Å². The minimum absolute atomic E-state index is 0.238. The van der Waals surface area contributed by atoms with E-state index in [4.69, 9.17) is 10.1 Å². The van der Waals surface area contributed by atoms with Crippen molar-refractivity contribution in [3.05, 3.63) is 12.7 Å². The first-order valence-electron chi connectivity index (χ1n) is 3.99. The van der Waals surface area contributed by atoms with Crippen molar-refractivity contribution in [1.82, 2.24) is 0 Å². The predicted octanol–water partition coefficient (Wildman–Crippen LogP) is 2.60. The Labute approximate surface area is 68.8 Å². The third-order valence-electron chi connectivity index (χ3n) is 1.68. The van der Waals surface area contributed by atoms with Crippen LogP contribution in [0.1, 0.15) is 26.2 Å². The minimum Gasteiger partial charge on any atom is -0.484 e. The summed E-state index contributed by atoms with van der Waals surface area (Å²) in [7, 11) is 1.55. The van der Waals surface area contributed by atoms with Gasteiger partial charge in [-0.15, -0.1) is 6.58 Å². The summed E-state index contributed by atoms with van der Waals surface area (Å²) in [5, 5.41) is 7.43. The zero-order chi connectivity index (χ0) is 8.69. The number of nitrogens with one attached hydrogen (secondary N) is 1. The topological polar surface area (TPSA) is 33.1 Å². The molecule has 0 rings (SSSR count). The lowest BCUT2D eigenvalue weighted by Crippen LogP contribution is -2.14. The fraction of sp³-hybridized carbons (Fsp3) is 0.667. The molecule has 0 aliphatic rings. The number of ether oxygens (including phenoxy) is 1. The summed E-state index contributed by atoms with van der Waals surface area (Å²) in [6.07, 6.45) is 4.79. The number of methoxy groups -OCH3 is 1. The van der Waals surface area contributed by atoms with E-state index in [1.165, 1.54) is 0 Å². The van der Waals surface area contributed by atoms with Crippen LogP contribution in [-0.4, -0.2) is 13.0 Å². The van der Waals surface area contributed by atoms with Crippen LogP contribution in [0.4, 0.5) is 0 Å². The van der Waals surface area contributed by atoms with Crippen LogP contribution < -0.4 is 0 Å². The number of allylic oxidation sites excluding steroid dienone is 1. The fourth-order valence-corrected chi connectivity index (χ4v) is 1.07. The highest BCUT2D eigenvalue weighted by Gasteiger charge is 2.11. The Morgan fingerprint density at radius 1 is 1.73 bits per heavy atom. The molecule has 0 aliphatic heterocycles. The van der Waals surface area contributed by atoms with Gasteiger partial charge in [-0.2, -0.15) is 0 Å². The first-order valence-corrected chi connectivity index (χ1v) is 3.99. The Kier molecular flexibility index (Phi) is 5.53. The first kappa shape index (κ1) is 10.2. The van der Waals surface area contributed by atoms with Gasteiger partial charge in [0.15, 0.2) is 5.90 Å². The summed E-state index contributed by atoms with van der Waals surface area (Å²) in [4.78, 5) is 0. The Bertz CT molecular complexity index is 132. The van der Waals surface area contributed by atoms with Gasteiger partial charge >= 0.3 is 0 Å². The zero-order valence-corrected chi connectivity index (χ0v) is 7.39. The molecule has 0 aliphatic carbocycles. The van der Waals surface area contributed by atoms with Crippen LogP contribution in [0.3, 0.4) is 0 Å². The third-order valence-corrected chi connectivity index (χ3v) is 1.68. The van der Waals surface area contributed by atoms with Crippen LogP contribution in [0, 0.1) is 11.3 Å². The van der Waals surface area contributed by atoms with Gasteiger partial charge in [-0.25, -0.2) is 0 Å². The highest BCUT2D eigenvalue weighted by Crippen LogP contribution is 2.13. The number of rotatable bonds is 5. The molecule has 2 nitrogen and oxygen atoms in total. The molecule has 0 fully saturated rings. The van der Waals surface area contributed by atoms with Crippen molar-refractivity contribution >= 4 is 5.90 Å². The molecule has 11 heavy (non-hydrogen) atoms. The monoisotopic (exact) mass is 155 g/mol. The molecule has 0 aromatic rings. The summed E-state index contributed by atoms with van der Waals surface area (Å²) in [6.45, 7) is 5.76. The lowest BCUT2D eigenvalue weighted by atomic mass is 10.00. The van der Waals surface area contributed by atoms with Gasteiger partial charge in [0.05, 0.1) is 7.11 Å². The average Bonchev–Trinajstić information content (AvgIpc) is 2.03. The van der Waals surface area contributed by atoms with Crippen molar-refractivity contribution in [2.24, 2.45) is 5.92 Å². The van der Waals surface area contributed by atoms with Gasteiger partial charge in [-0.3, -0.25) is 5.41 Å². The second-order valence-corrected chi connectivity index (χ2v) is 2.58. The molecular weight excluding hydrogens is 138 g/mol. The van der Waals surface area contributed by atoms with Crippen molar-refractivity contribution in [2.75, 3.05) is 7.11 Å². The molecule has 0 amide bonds. The second kappa shape index (κ2) is 5.96. The second-order valence-electron chi connectivity index (χ2n) is 2.58. The van der Waals surface area contributed by atoms with Crippen LogP contribution in [0.5, 0.6) is 0 Å². The number of hydrogen-bond acceptors (Lipinski definition) is 2. The molecule has 0 heterocycles. The summed E-state index contributed by atoms with van der Waals surface area (Å²) in [5.74, 6) is 0.620. The SMILES string of the molecule is C=CC[C@@H](CCC)C(=N)OC. The van der Waals surface area contributed by atoms with Gasteiger partial charge in [0.1, 0.15) is 0 Å². The molecule has 0 bridgehead atoms. The van der Waals surface area contributed by atoms with Crippen LogP contribution in [0.2, 0.25) is 0 Å². The van der Waals surface area contributed by atoms with Crippen molar-refractivity contribution in [2.45, 2.75) is 26.2 Å². The average molecular weight is 155 g/mol. The van der Waals surface area contributed by atoms with Crippen molar-refractivity contribution < 1.29 is 4.74 Å². The standard InChI is InChI=1S/C9H17NO/c1-4-6-8(7-5-2)9(10)11-3/h4,8,10H,1,5-7H2,2-3H3/t8-/m0/s1. The van der Waals surface area contributed by atoms with E-state index in [1.54, 1.807) is 7.11 Å². The van der Waals surface area contributed by atoms with E-state index in [0.29, 0.717) is 5.90 Å². The van der Waals surface area contributed by atoms with E-state index in [9.17, 15) is 0 Å². The molecule has 2 heteroatoms. The van der Waals surface area contributed by atoms with Crippen molar-refractivity contribution in [1.29, 1.82) is 5.41 Å². The Hall–Kier alpha value is -0.790. The van der Waals surface area contributed by atoms with Gasteiger partial charge in [-0.1, -0.05) is 19.4 Å². The molecule has 0 spiro atoms. The molecule has 0 saturated heterocycles. The normalized spacial score (nSPS) is 12.2. The van der Waals surface area contributed by atoms with E-state index >= 15 is 0 Å². The first-order chi connectivity index (χ1) is 5.26. The Balaban J connectivity index is 3.86. The van der Waals surface area contributed by atoms with Crippen LogP contribution in [-0.2, 0) is 4.74 Å². The van der Waals surface area contributed by atoms with E-state index < -0.39 is 0 Å². The molecule has 0 aromatic carbocycles. The van der Waals surface area contributed by atoms with Crippen LogP contribution in [0.15, 0.2) is 12.7 Å². The minimum atomic E-state index is 0.238. The maximum Gasteiger partial charge on any atom is 0.183 e. The molecule has 0 unspecified atom stereocenters. The molecular formula is C9H17NO. The smallest absolute Gasteiger partial charge is 0.183 e. The Morgan fingerprint density at radius 2 is 2.36 bits per heavy atom. The number of hydrogen-bond donors (Lipinski definition) is 1. The van der Waals surface area contributed by atoms with E-state index in [-0.39, 0.29) is 5.92 Å². The van der Waals surface area contributed by atoms with E-state index in [1.807, 2.05) is 6.08 Å². The lowest BCUT2D eigenvalue weighted by molar-refractivity contribution is 0.354. The van der Waals surface area contributed by atoms with Crippen molar-refractivity contribution in [3.63, 3.8) is 0 Å². The highest BCUT2D eigenvalue weighted by atomic mass is 16.5. The quantitative estimate of drug-likeness (QED) is 0.369. The molecule has 64 valence electrons. The van der Waals surface area contributed by atoms with Gasteiger partial charge in [0, 0.05) is 5.92 Å². The molecule has 0 radical (unpaired) electrons. The summed E-state index contributed by atoms with van der Waals surface area (Å²) >= 11 is 0. The predicted molar refractivity (Wildman–Crippen MR) is 47.9 cm³/mol. The molecule has 0 aromatic heterocycles. The third kappa shape index (κ3) is 3.81. The largest absolute Gasteiger partial charge is 0.484 e. The van der Waals surface area contributed by atoms with Gasteiger partial charge in [0.25, 0.3) is 0 Å². The fourth-order valence-electron chi connectivity index (χ4n) is 1.07. The summed E-state index contributed by atoms with van der Waals surface area (Å²) in [5.41, 5.74) is 0. The Morgan fingerprint density at radius 3 is 2.73 bits per heavy atom. The summed E-state index contributed by atoms with van der Waals surface area (Å²) < 4.78 is 4.85. The van der Waals surface area contributed by atoms with E-state index in [2.05, 4.69) is 13.5 Å². The van der Waals surface area contributed by atoms with Gasteiger partial charge in [-0.05, 0) is 12.8 Å².